The Hall–Kier alpha value is -2.11. The Balaban J connectivity index is 1.83. The predicted octanol–water partition coefficient (Wildman–Crippen LogP) is 3.25. The van der Waals surface area contributed by atoms with Crippen molar-refractivity contribution in [3.05, 3.63) is 52.8 Å². The normalized spacial score (nSPS) is 11.2. The van der Waals surface area contributed by atoms with E-state index >= 15 is 0 Å². The monoisotopic (exact) mass is 316 g/mol. The molecule has 114 valence electrons. The molecule has 2 heterocycles. The Morgan fingerprint density at radius 2 is 2.18 bits per heavy atom. The minimum atomic E-state index is 0.486. The van der Waals surface area contributed by atoms with Gasteiger partial charge in [0.15, 0.2) is 5.82 Å². The number of rotatable bonds is 5. The van der Waals surface area contributed by atoms with Crippen LogP contribution in [0.25, 0.3) is 10.9 Å². The van der Waals surface area contributed by atoms with E-state index in [2.05, 4.69) is 16.1 Å². The van der Waals surface area contributed by atoms with E-state index < -0.39 is 0 Å². The van der Waals surface area contributed by atoms with Gasteiger partial charge in [-0.2, -0.15) is 5.10 Å². The molecular weight excluding hydrogens is 300 g/mol. The largest absolute Gasteiger partial charge is 0.382 e. The van der Waals surface area contributed by atoms with E-state index in [4.69, 9.17) is 22.1 Å². The van der Waals surface area contributed by atoms with Crippen LogP contribution >= 0.6 is 11.6 Å². The molecule has 0 atom stereocenters. The van der Waals surface area contributed by atoms with Crippen LogP contribution in [-0.4, -0.2) is 21.4 Å². The molecule has 0 fully saturated rings. The first-order chi connectivity index (χ1) is 10.7. The Bertz CT molecular complexity index is 800. The lowest BCUT2D eigenvalue weighted by Crippen LogP contribution is -2.01. The number of fused-ring (bicyclic) bond motifs is 1. The van der Waals surface area contributed by atoms with Gasteiger partial charge in [-0.1, -0.05) is 17.7 Å². The van der Waals surface area contributed by atoms with Crippen molar-refractivity contribution < 1.29 is 4.74 Å². The predicted molar refractivity (Wildman–Crippen MR) is 87.8 cm³/mol. The van der Waals surface area contributed by atoms with E-state index in [0.29, 0.717) is 30.6 Å². The quantitative estimate of drug-likeness (QED) is 0.784. The van der Waals surface area contributed by atoms with Crippen LogP contribution in [0.3, 0.4) is 0 Å². The Morgan fingerprint density at radius 3 is 3.00 bits per heavy atom. The van der Waals surface area contributed by atoms with Crippen LogP contribution in [0.5, 0.6) is 0 Å². The summed E-state index contributed by atoms with van der Waals surface area (Å²) in [6.45, 7) is 3.73. The number of pyridine rings is 1. The number of aromatic nitrogens is 3. The maximum atomic E-state index is 5.99. The van der Waals surface area contributed by atoms with Crippen molar-refractivity contribution in [2.24, 2.45) is 0 Å². The summed E-state index contributed by atoms with van der Waals surface area (Å²) in [6, 6.07) is 7.98. The van der Waals surface area contributed by atoms with Gasteiger partial charge in [0.2, 0.25) is 0 Å². The van der Waals surface area contributed by atoms with Gasteiger partial charge in [0.05, 0.1) is 23.7 Å². The summed E-state index contributed by atoms with van der Waals surface area (Å²) in [6.07, 6.45) is 3.57. The van der Waals surface area contributed by atoms with E-state index in [1.54, 1.807) is 6.20 Å². The second-order valence-corrected chi connectivity index (χ2v) is 5.49. The van der Waals surface area contributed by atoms with Gasteiger partial charge in [-0.05, 0) is 30.7 Å². The molecule has 0 bridgehead atoms. The number of hydrogen-bond donors (Lipinski definition) is 1. The highest BCUT2D eigenvalue weighted by atomic mass is 35.5. The second-order valence-electron chi connectivity index (χ2n) is 5.05. The fourth-order valence-corrected chi connectivity index (χ4v) is 2.49. The minimum absolute atomic E-state index is 0.486. The molecule has 0 aliphatic heterocycles. The topological polar surface area (TPSA) is 66.0 Å². The molecule has 0 radical (unpaired) electrons. The molecule has 0 saturated heterocycles. The van der Waals surface area contributed by atoms with Crippen molar-refractivity contribution in [1.29, 1.82) is 0 Å². The van der Waals surface area contributed by atoms with Gasteiger partial charge in [-0.3, -0.25) is 9.67 Å². The molecule has 1 aromatic carbocycles. The summed E-state index contributed by atoms with van der Waals surface area (Å²) in [7, 11) is 0. The molecule has 0 saturated carbocycles. The molecule has 5 nitrogen and oxygen atoms in total. The highest BCUT2D eigenvalue weighted by Gasteiger charge is 2.07. The molecule has 0 aliphatic rings. The van der Waals surface area contributed by atoms with Gasteiger partial charge in [-0.15, -0.1) is 0 Å². The second kappa shape index (κ2) is 6.34. The summed E-state index contributed by atoms with van der Waals surface area (Å²) in [5.41, 5.74) is 8.85. The van der Waals surface area contributed by atoms with Crippen LogP contribution in [0.2, 0.25) is 5.02 Å². The summed E-state index contributed by atoms with van der Waals surface area (Å²) < 4.78 is 7.20. The standard InChI is InChI=1S/C16H17ClN4O/c1-2-22-10-13-9-21(20-16(13)18)8-11-3-4-15-12(5-11)6-14(17)7-19-15/h3-7,9H,2,8,10H2,1H3,(H2,18,20). The molecule has 2 aromatic heterocycles. The number of anilines is 1. The third-order valence-electron chi connectivity index (χ3n) is 3.39. The fourth-order valence-electron chi connectivity index (χ4n) is 2.32. The molecule has 0 spiro atoms. The summed E-state index contributed by atoms with van der Waals surface area (Å²) in [4.78, 5) is 4.29. The molecule has 0 unspecified atom stereocenters. The molecule has 3 aromatic rings. The highest BCUT2D eigenvalue weighted by molar-refractivity contribution is 6.31. The lowest BCUT2D eigenvalue weighted by atomic mass is 10.1. The zero-order chi connectivity index (χ0) is 15.5. The number of nitrogen functional groups attached to an aromatic ring is 1. The Morgan fingerprint density at radius 1 is 1.32 bits per heavy atom. The van der Waals surface area contributed by atoms with Gasteiger partial charge in [0, 0.05) is 30.0 Å². The van der Waals surface area contributed by atoms with Gasteiger partial charge >= 0.3 is 0 Å². The van der Waals surface area contributed by atoms with Gasteiger partial charge in [0.25, 0.3) is 0 Å². The fraction of sp³-hybridized carbons (Fsp3) is 0.250. The van der Waals surface area contributed by atoms with Crippen LogP contribution < -0.4 is 5.73 Å². The van der Waals surface area contributed by atoms with Crippen molar-refractivity contribution in [3.8, 4) is 0 Å². The van der Waals surface area contributed by atoms with Crippen LogP contribution in [0.1, 0.15) is 18.1 Å². The van der Waals surface area contributed by atoms with Crippen LogP contribution in [0, 0.1) is 0 Å². The molecule has 0 aliphatic carbocycles. The summed E-state index contributed by atoms with van der Waals surface area (Å²) in [5, 5.41) is 5.97. The zero-order valence-electron chi connectivity index (χ0n) is 12.3. The van der Waals surface area contributed by atoms with Crippen molar-refractivity contribution >= 4 is 28.3 Å². The van der Waals surface area contributed by atoms with Gasteiger partial charge in [-0.25, -0.2) is 0 Å². The molecular formula is C16H17ClN4O. The van der Waals surface area contributed by atoms with Crippen molar-refractivity contribution in [2.75, 3.05) is 12.3 Å². The first-order valence-corrected chi connectivity index (χ1v) is 7.47. The maximum absolute atomic E-state index is 5.99. The third kappa shape index (κ3) is 3.21. The summed E-state index contributed by atoms with van der Waals surface area (Å²) in [5.74, 6) is 0.513. The zero-order valence-corrected chi connectivity index (χ0v) is 13.0. The Kier molecular flexibility index (Phi) is 4.27. The van der Waals surface area contributed by atoms with E-state index in [1.165, 1.54) is 0 Å². The number of hydrogen-bond acceptors (Lipinski definition) is 4. The van der Waals surface area contributed by atoms with Gasteiger partial charge < -0.3 is 10.5 Å². The van der Waals surface area contributed by atoms with E-state index in [9.17, 15) is 0 Å². The Labute approximate surface area is 133 Å². The van der Waals surface area contributed by atoms with Crippen LogP contribution in [0.15, 0.2) is 36.7 Å². The van der Waals surface area contributed by atoms with Crippen molar-refractivity contribution in [3.63, 3.8) is 0 Å². The van der Waals surface area contributed by atoms with E-state index in [1.807, 2.05) is 36.0 Å². The number of nitrogens with zero attached hydrogens (tertiary/aromatic N) is 3. The van der Waals surface area contributed by atoms with E-state index in [0.717, 1.165) is 22.0 Å². The average Bonchev–Trinajstić information content (AvgIpc) is 2.84. The summed E-state index contributed by atoms with van der Waals surface area (Å²) >= 11 is 5.99. The van der Waals surface area contributed by atoms with Crippen molar-refractivity contribution in [2.45, 2.75) is 20.1 Å². The van der Waals surface area contributed by atoms with E-state index in [-0.39, 0.29) is 0 Å². The minimum Gasteiger partial charge on any atom is -0.382 e. The number of benzene rings is 1. The molecule has 22 heavy (non-hydrogen) atoms. The smallest absolute Gasteiger partial charge is 0.150 e. The van der Waals surface area contributed by atoms with Crippen molar-refractivity contribution in [1.82, 2.24) is 14.8 Å². The maximum Gasteiger partial charge on any atom is 0.150 e. The van der Waals surface area contributed by atoms with Gasteiger partial charge in [0.1, 0.15) is 0 Å². The molecule has 0 amide bonds. The highest BCUT2D eigenvalue weighted by Crippen LogP contribution is 2.19. The molecule has 6 heteroatoms. The first-order valence-electron chi connectivity index (χ1n) is 7.09. The SMILES string of the molecule is CCOCc1cn(Cc2ccc3ncc(Cl)cc3c2)nc1N. The number of nitrogens with two attached hydrogens (primary N) is 1. The number of halogens is 1. The van der Waals surface area contributed by atoms with Crippen LogP contribution in [0.4, 0.5) is 5.82 Å². The third-order valence-corrected chi connectivity index (χ3v) is 3.60. The first kappa shape index (κ1) is 14.8. The van der Waals surface area contributed by atoms with Crippen LogP contribution in [-0.2, 0) is 17.9 Å². The lowest BCUT2D eigenvalue weighted by Gasteiger charge is -2.04. The molecule has 3 rings (SSSR count). The molecule has 2 N–H and O–H groups in total. The lowest BCUT2D eigenvalue weighted by molar-refractivity contribution is 0.134. The number of ether oxygens (including phenoxy) is 1. The average molecular weight is 317 g/mol.